The second-order valence-electron chi connectivity index (χ2n) is 3.59. The third-order valence-corrected chi connectivity index (χ3v) is 2.55. The number of hydrogen-bond acceptors (Lipinski definition) is 2. The molecule has 0 atom stereocenters. The maximum atomic E-state index is 12.3. The Morgan fingerprint density at radius 2 is 2.20 bits per heavy atom. The molecular weight excluding hydrogens is 317 g/mol. The Balaban J connectivity index is 2.53. The Morgan fingerprint density at radius 3 is 2.67 bits per heavy atom. The summed E-state index contributed by atoms with van der Waals surface area (Å²) in [5.74, 6) is 0.430. The maximum Gasteiger partial charge on any atom is 0.333 e. The minimum Gasteiger partial charge on any atom is -0.375 e. The van der Waals surface area contributed by atoms with E-state index in [9.17, 15) is 8.78 Å². The van der Waals surface area contributed by atoms with Gasteiger partial charge in [-0.2, -0.15) is 13.9 Å². The van der Waals surface area contributed by atoms with Gasteiger partial charge in [0.25, 0.3) is 0 Å². The van der Waals surface area contributed by atoms with Gasteiger partial charge in [0.2, 0.25) is 0 Å². The highest BCUT2D eigenvalue weighted by atomic mass is 127. The van der Waals surface area contributed by atoms with Crippen LogP contribution in [0.5, 0.6) is 0 Å². The third kappa shape index (κ3) is 4.02. The zero-order valence-corrected chi connectivity index (χ0v) is 10.7. The van der Waals surface area contributed by atoms with Crippen LogP contribution in [0.1, 0.15) is 26.1 Å². The fourth-order valence-electron chi connectivity index (χ4n) is 0.996. The van der Waals surface area contributed by atoms with Crippen molar-refractivity contribution in [1.29, 1.82) is 0 Å². The topological polar surface area (TPSA) is 27.1 Å². The van der Waals surface area contributed by atoms with E-state index >= 15 is 0 Å². The van der Waals surface area contributed by atoms with Crippen LogP contribution >= 0.6 is 22.6 Å². The molecule has 0 aliphatic carbocycles. The zero-order chi connectivity index (χ0) is 11.4. The minimum atomic E-state index is -2.59. The van der Waals surface area contributed by atoms with Crippen LogP contribution in [0.4, 0.5) is 8.78 Å². The highest BCUT2D eigenvalue weighted by molar-refractivity contribution is 14.1. The number of ether oxygens (including phenoxy) is 1. The molecule has 0 N–H and O–H groups in total. The minimum absolute atomic E-state index is 0.288. The number of alkyl halides is 2. The van der Waals surface area contributed by atoms with Crippen molar-refractivity contribution in [1.82, 2.24) is 9.78 Å². The zero-order valence-electron chi connectivity index (χ0n) is 8.58. The molecule has 0 radical (unpaired) electrons. The van der Waals surface area contributed by atoms with Crippen molar-refractivity contribution in [2.75, 3.05) is 6.61 Å². The Labute approximate surface area is 101 Å². The highest BCUT2D eigenvalue weighted by Crippen LogP contribution is 2.16. The van der Waals surface area contributed by atoms with E-state index in [-0.39, 0.29) is 6.61 Å². The van der Waals surface area contributed by atoms with E-state index < -0.39 is 6.55 Å². The summed E-state index contributed by atoms with van der Waals surface area (Å²) in [6.45, 7) is 2.37. The van der Waals surface area contributed by atoms with Crippen molar-refractivity contribution in [2.45, 2.75) is 27.0 Å². The van der Waals surface area contributed by atoms with Crippen LogP contribution in [0.25, 0.3) is 0 Å². The summed E-state index contributed by atoms with van der Waals surface area (Å²) in [5, 5.41) is 3.74. The average Bonchev–Trinajstić information content (AvgIpc) is 2.47. The third-order valence-electron chi connectivity index (χ3n) is 1.65. The Hall–Kier alpha value is -0.240. The molecule has 0 aromatic carbocycles. The molecule has 0 bridgehead atoms. The first-order valence-electron chi connectivity index (χ1n) is 4.60. The molecule has 1 rings (SSSR count). The Bertz CT molecular complexity index is 315. The molecule has 6 heteroatoms. The number of aromatic nitrogens is 2. The van der Waals surface area contributed by atoms with E-state index in [4.69, 9.17) is 4.74 Å². The largest absolute Gasteiger partial charge is 0.375 e. The van der Waals surface area contributed by atoms with Gasteiger partial charge in [-0.3, -0.25) is 0 Å². The predicted octanol–water partition coefficient (Wildman–Crippen LogP) is 3.06. The number of rotatable bonds is 5. The van der Waals surface area contributed by atoms with Crippen LogP contribution in [0.15, 0.2) is 6.20 Å². The van der Waals surface area contributed by atoms with Crippen molar-refractivity contribution in [3.63, 3.8) is 0 Å². The molecule has 0 saturated heterocycles. The SMILES string of the molecule is CC(C)COCc1nn(C(F)F)cc1I. The fraction of sp³-hybridized carbons (Fsp3) is 0.667. The number of hydrogen-bond donors (Lipinski definition) is 0. The van der Waals surface area contributed by atoms with E-state index in [0.717, 1.165) is 0 Å². The van der Waals surface area contributed by atoms with E-state index in [1.165, 1.54) is 6.20 Å². The van der Waals surface area contributed by atoms with E-state index in [1.54, 1.807) is 0 Å². The van der Waals surface area contributed by atoms with Crippen LogP contribution in [0, 0.1) is 9.49 Å². The summed E-state index contributed by atoms with van der Waals surface area (Å²) >= 11 is 1.97. The summed E-state index contributed by atoms with van der Waals surface area (Å²) in [7, 11) is 0. The lowest BCUT2D eigenvalue weighted by Crippen LogP contribution is -2.04. The molecule has 0 aliphatic heterocycles. The second kappa shape index (κ2) is 5.74. The lowest BCUT2D eigenvalue weighted by Gasteiger charge is -2.04. The standard InChI is InChI=1S/C9H13F2IN2O/c1-6(2)4-15-5-8-7(12)3-14(13-8)9(10)11/h3,6,9H,4-5H2,1-2H3. The van der Waals surface area contributed by atoms with Gasteiger partial charge in [-0.15, -0.1) is 0 Å². The van der Waals surface area contributed by atoms with Crippen molar-refractivity contribution in [3.05, 3.63) is 15.5 Å². The second-order valence-corrected chi connectivity index (χ2v) is 4.75. The molecule has 86 valence electrons. The first-order chi connectivity index (χ1) is 7.00. The van der Waals surface area contributed by atoms with Crippen LogP contribution in [0.2, 0.25) is 0 Å². The maximum absolute atomic E-state index is 12.3. The molecule has 0 spiro atoms. The molecule has 0 unspecified atom stereocenters. The summed E-state index contributed by atoms with van der Waals surface area (Å²) in [5.41, 5.74) is 0.566. The molecule has 1 aromatic rings. The van der Waals surface area contributed by atoms with Crippen molar-refractivity contribution in [2.24, 2.45) is 5.92 Å². The number of halogens is 3. The van der Waals surface area contributed by atoms with E-state index in [0.29, 0.717) is 26.5 Å². The van der Waals surface area contributed by atoms with Gasteiger partial charge in [-0.25, -0.2) is 4.68 Å². The lowest BCUT2D eigenvalue weighted by molar-refractivity contribution is 0.0533. The van der Waals surface area contributed by atoms with E-state index in [1.807, 2.05) is 36.4 Å². The van der Waals surface area contributed by atoms with Gasteiger partial charge in [-0.1, -0.05) is 13.8 Å². The van der Waals surface area contributed by atoms with Gasteiger partial charge < -0.3 is 4.74 Å². The van der Waals surface area contributed by atoms with Crippen molar-refractivity contribution >= 4 is 22.6 Å². The van der Waals surface area contributed by atoms with Crippen LogP contribution in [-0.4, -0.2) is 16.4 Å². The lowest BCUT2D eigenvalue weighted by atomic mass is 10.2. The molecule has 0 fully saturated rings. The molecule has 1 heterocycles. The van der Waals surface area contributed by atoms with Gasteiger partial charge >= 0.3 is 6.55 Å². The van der Waals surface area contributed by atoms with Gasteiger partial charge in [0.15, 0.2) is 0 Å². The molecule has 0 saturated carbocycles. The Morgan fingerprint density at radius 1 is 1.53 bits per heavy atom. The summed E-state index contributed by atoms with van der Waals surface area (Å²) < 4.78 is 31.2. The van der Waals surface area contributed by atoms with Crippen molar-refractivity contribution in [3.8, 4) is 0 Å². The van der Waals surface area contributed by atoms with Gasteiger partial charge in [0, 0.05) is 12.8 Å². The average molecular weight is 330 g/mol. The molecule has 15 heavy (non-hydrogen) atoms. The molecule has 0 aliphatic rings. The summed E-state index contributed by atoms with van der Waals surface area (Å²) in [4.78, 5) is 0. The molecule has 0 amide bonds. The highest BCUT2D eigenvalue weighted by Gasteiger charge is 2.12. The number of nitrogens with zero attached hydrogens (tertiary/aromatic N) is 2. The van der Waals surface area contributed by atoms with Gasteiger partial charge in [0.05, 0.1) is 10.2 Å². The fourth-order valence-corrected chi connectivity index (χ4v) is 1.54. The first kappa shape index (κ1) is 12.8. The van der Waals surface area contributed by atoms with Gasteiger partial charge in [-0.05, 0) is 28.5 Å². The first-order valence-corrected chi connectivity index (χ1v) is 5.68. The molecule has 1 aromatic heterocycles. The smallest absolute Gasteiger partial charge is 0.333 e. The van der Waals surface area contributed by atoms with Crippen molar-refractivity contribution < 1.29 is 13.5 Å². The van der Waals surface area contributed by atoms with Gasteiger partial charge in [0.1, 0.15) is 5.69 Å². The van der Waals surface area contributed by atoms with E-state index in [2.05, 4.69) is 5.10 Å². The summed E-state index contributed by atoms with van der Waals surface area (Å²) in [6.07, 6.45) is 1.32. The van der Waals surface area contributed by atoms with Crippen LogP contribution < -0.4 is 0 Å². The van der Waals surface area contributed by atoms with Crippen LogP contribution in [-0.2, 0) is 11.3 Å². The monoisotopic (exact) mass is 330 g/mol. The molecule has 3 nitrogen and oxygen atoms in total. The normalized spacial score (nSPS) is 11.7. The summed E-state index contributed by atoms with van der Waals surface area (Å²) in [6, 6.07) is 0. The van der Waals surface area contributed by atoms with Crippen LogP contribution in [0.3, 0.4) is 0 Å². The predicted molar refractivity (Wildman–Crippen MR) is 60.7 cm³/mol. The Kier molecular flexibility index (Phi) is 4.91. The quantitative estimate of drug-likeness (QED) is 0.776. The molecular formula is C9H13F2IN2O.